The molecule has 102 valence electrons. The highest BCUT2D eigenvalue weighted by atomic mass is 16.6. The van der Waals surface area contributed by atoms with Crippen LogP contribution in [0.15, 0.2) is 47.3 Å². The summed E-state index contributed by atoms with van der Waals surface area (Å²) >= 11 is 0. The zero-order valence-corrected chi connectivity index (χ0v) is 10.7. The van der Waals surface area contributed by atoms with Gasteiger partial charge in [0.25, 0.3) is 5.69 Å². The minimum atomic E-state index is -0.502. The zero-order chi connectivity index (χ0) is 14.6. The minimum Gasteiger partial charge on any atom is -0.341 e. The van der Waals surface area contributed by atoms with Crippen LogP contribution in [-0.4, -0.2) is 14.9 Å². The molecule has 0 bridgehead atoms. The number of aromatic nitrogens is 2. The summed E-state index contributed by atoms with van der Waals surface area (Å²) in [7, 11) is 0. The molecule has 0 unspecified atom stereocenters. The largest absolute Gasteiger partial charge is 0.341 e. The van der Waals surface area contributed by atoms with Gasteiger partial charge in [-0.25, -0.2) is 0 Å². The summed E-state index contributed by atoms with van der Waals surface area (Å²) in [5.41, 5.74) is 1.75. The van der Waals surface area contributed by atoms with E-state index in [0.717, 1.165) is 10.9 Å². The molecule has 0 aliphatic heterocycles. The van der Waals surface area contributed by atoms with E-state index >= 15 is 0 Å². The number of hydrogen-bond acceptors (Lipinski definition) is 3. The quantitative estimate of drug-likeness (QED) is 0.414. The maximum atomic E-state index is 12.7. The number of nitro groups is 1. The van der Waals surface area contributed by atoms with Gasteiger partial charge >= 0.3 is 0 Å². The van der Waals surface area contributed by atoms with Gasteiger partial charge in [-0.1, -0.05) is 18.2 Å². The van der Waals surface area contributed by atoms with Crippen LogP contribution in [0.1, 0.15) is 0 Å². The normalized spacial score (nSPS) is 11.4. The fourth-order valence-electron chi connectivity index (χ4n) is 2.68. The molecule has 0 aliphatic carbocycles. The first-order chi connectivity index (χ1) is 10.1. The Morgan fingerprint density at radius 2 is 1.67 bits per heavy atom. The molecule has 2 N–H and O–H groups in total. The van der Waals surface area contributed by atoms with Gasteiger partial charge in [-0.05, 0) is 12.1 Å². The second-order valence-electron chi connectivity index (χ2n) is 4.86. The van der Waals surface area contributed by atoms with E-state index in [4.69, 9.17) is 0 Å². The number of pyridine rings is 1. The molecular weight excluding hydrogens is 270 g/mol. The molecule has 2 heterocycles. The number of nitrogens with zero attached hydrogens (tertiary/aromatic N) is 1. The highest BCUT2D eigenvalue weighted by Crippen LogP contribution is 2.25. The van der Waals surface area contributed by atoms with E-state index in [1.54, 1.807) is 6.07 Å². The maximum absolute atomic E-state index is 12.7. The van der Waals surface area contributed by atoms with E-state index in [1.807, 2.05) is 24.3 Å². The van der Waals surface area contributed by atoms with Gasteiger partial charge in [-0.15, -0.1) is 0 Å². The fraction of sp³-hybridized carbons (Fsp3) is 0. The average Bonchev–Trinajstić information content (AvgIpc) is 2.85. The Balaban J connectivity index is 2.24. The standard InChI is InChI=1S/C15H9N3O3/c19-14-10-7-8(18(20)21)5-6-12(10)17-15-13(14)9-3-1-2-4-11(9)16-15/h1-7H,(H2,16,17,19). The molecule has 6 heteroatoms. The molecule has 0 atom stereocenters. The number of aromatic amines is 2. The third-order valence-corrected chi connectivity index (χ3v) is 3.65. The minimum absolute atomic E-state index is 0.0906. The van der Waals surface area contributed by atoms with Crippen molar-refractivity contribution in [2.45, 2.75) is 0 Å². The van der Waals surface area contributed by atoms with Crippen LogP contribution in [0, 0.1) is 10.1 Å². The van der Waals surface area contributed by atoms with Crippen LogP contribution in [0.3, 0.4) is 0 Å². The van der Waals surface area contributed by atoms with Crippen LogP contribution in [-0.2, 0) is 0 Å². The van der Waals surface area contributed by atoms with Crippen molar-refractivity contribution >= 4 is 38.5 Å². The first kappa shape index (κ1) is 11.7. The number of non-ortho nitro benzene ring substituents is 1. The fourth-order valence-corrected chi connectivity index (χ4v) is 2.68. The number of rotatable bonds is 1. The number of H-pyrrole nitrogens is 2. The maximum Gasteiger partial charge on any atom is 0.270 e. The van der Waals surface area contributed by atoms with Crippen molar-refractivity contribution in [3.05, 3.63) is 62.8 Å². The van der Waals surface area contributed by atoms with Gasteiger partial charge in [0.2, 0.25) is 0 Å². The molecule has 4 rings (SSSR count). The molecule has 0 saturated carbocycles. The van der Waals surface area contributed by atoms with Gasteiger partial charge in [0.05, 0.1) is 21.2 Å². The first-order valence-electron chi connectivity index (χ1n) is 6.36. The van der Waals surface area contributed by atoms with Gasteiger partial charge in [-0.3, -0.25) is 14.9 Å². The lowest BCUT2D eigenvalue weighted by molar-refractivity contribution is -0.384. The molecule has 2 aromatic carbocycles. The lowest BCUT2D eigenvalue weighted by atomic mass is 10.1. The second kappa shape index (κ2) is 3.92. The highest BCUT2D eigenvalue weighted by Gasteiger charge is 2.14. The van der Waals surface area contributed by atoms with Gasteiger partial charge in [0.1, 0.15) is 5.65 Å². The van der Waals surface area contributed by atoms with Crippen LogP contribution in [0.4, 0.5) is 5.69 Å². The topological polar surface area (TPSA) is 91.8 Å². The molecule has 4 aromatic rings. The molecule has 0 radical (unpaired) electrons. The number of benzene rings is 2. The van der Waals surface area contributed by atoms with Crippen LogP contribution in [0.25, 0.3) is 32.8 Å². The molecule has 0 amide bonds. The van der Waals surface area contributed by atoms with Crippen molar-refractivity contribution in [1.82, 2.24) is 9.97 Å². The number of hydrogen-bond donors (Lipinski definition) is 2. The van der Waals surface area contributed by atoms with E-state index in [1.165, 1.54) is 12.1 Å². The van der Waals surface area contributed by atoms with Crippen LogP contribution < -0.4 is 5.43 Å². The third kappa shape index (κ3) is 1.56. The number of para-hydroxylation sites is 1. The van der Waals surface area contributed by atoms with Crippen molar-refractivity contribution in [1.29, 1.82) is 0 Å². The van der Waals surface area contributed by atoms with Crippen molar-refractivity contribution < 1.29 is 4.92 Å². The highest BCUT2D eigenvalue weighted by molar-refractivity contribution is 6.09. The Hall–Kier alpha value is -3.15. The zero-order valence-electron chi connectivity index (χ0n) is 10.7. The second-order valence-corrected chi connectivity index (χ2v) is 4.86. The average molecular weight is 279 g/mol. The van der Waals surface area contributed by atoms with Crippen LogP contribution in [0.5, 0.6) is 0 Å². The summed E-state index contributed by atoms with van der Waals surface area (Å²) in [4.78, 5) is 29.3. The molecule has 21 heavy (non-hydrogen) atoms. The van der Waals surface area contributed by atoms with Crippen LogP contribution >= 0.6 is 0 Å². The van der Waals surface area contributed by atoms with E-state index in [9.17, 15) is 14.9 Å². The smallest absolute Gasteiger partial charge is 0.270 e. The predicted molar refractivity (Wildman–Crippen MR) is 80.6 cm³/mol. The summed E-state index contributed by atoms with van der Waals surface area (Å²) in [5.74, 6) is 0. The lowest BCUT2D eigenvalue weighted by Crippen LogP contribution is -2.03. The van der Waals surface area contributed by atoms with Gasteiger partial charge in [0, 0.05) is 23.0 Å². The van der Waals surface area contributed by atoms with Crippen LogP contribution in [0.2, 0.25) is 0 Å². The number of fused-ring (bicyclic) bond motifs is 4. The van der Waals surface area contributed by atoms with E-state index in [2.05, 4.69) is 9.97 Å². The van der Waals surface area contributed by atoms with Crippen molar-refractivity contribution in [3.63, 3.8) is 0 Å². The predicted octanol–water partition coefficient (Wildman–Crippen LogP) is 3.07. The lowest BCUT2D eigenvalue weighted by Gasteiger charge is -1.99. The van der Waals surface area contributed by atoms with Gasteiger partial charge in [-0.2, -0.15) is 0 Å². The SMILES string of the molecule is O=c1c2cc([N+](=O)[O-])ccc2[nH]c2[nH]c3ccccc3c12. The Kier molecular flexibility index (Phi) is 2.18. The Morgan fingerprint density at radius 3 is 2.43 bits per heavy atom. The Bertz CT molecular complexity index is 1090. The monoisotopic (exact) mass is 279 g/mol. The van der Waals surface area contributed by atoms with E-state index < -0.39 is 4.92 Å². The summed E-state index contributed by atoms with van der Waals surface area (Å²) in [5, 5.41) is 12.5. The molecule has 0 fully saturated rings. The van der Waals surface area contributed by atoms with Crippen molar-refractivity contribution in [3.8, 4) is 0 Å². The molecular formula is C15H9N3O3. The molecule has 0 aliphatic rings. The Morgan fingerprint density at radius 1 is 0.952 bits per heavy atom. The first-order valence-corrected chi connectivity index (χ1v) is 6.36. The van der Waals surface area contributed by atoms with Gasteiger partial charge < -0.3 is 9.97 Å². The van der Waals surface area contributed by atoms with E-state index in [0.29, 0.717) is 21.9 Å². The molecule has 2 aromatic heterocycles. The van der Waals surface area contributed by atoms with E-state index in [-0.39, 0.29) is 11.1 Å². The molecule has 0 spiro atoms. The van der Waals surface area contributed by atoms with Gasteiger partial charge in [0.15, 0.2) is 5.43 Å². The number of nitro benzene ring substituents is 1. The molecule has 0 saturated heterocycles. The number of nitrogens with one attached hydrogen (secondary N) is 2. The summed E-state index contributed by atoms with van der Waals surface area (Å²) in [6.07, 6.45) is 0. The summed E-state index contributed by atoms with van der Waals surface area (Å²) in [6.45, 7) is 0. The molecule has 6 nitrogen and oxygen atoms in total. The van der Waals surface area contributed by atoms with Crippen molar-refractivity contribution in [2.24, 2.45) is 0 Å². The third-order valence-electron chi connectivity index (χ3n) is 3.65. The summed E-state index contributed by atoms with van der Waals surface area (Å²) in [6, 6.07) is 11.7. The van der Waals surface area contributed by atoms with Crippen molar-refractivity contribution in [2.75, 3.05) is 0 Å². The summed E-state index contributed by atoms with van der Waals surface area (Å²) < 4.78 is 0. The Labute approximate surface area is 117 Å².